The number of benzene rings is 1. The van der Waals surface area contributed by atoms with Crippen molar-refractivity contribution in [3.63, 3.8) is 0 Å². The van der Waals surface area contributed by atoms with Crippen LogP contribution in [0.2, 0.25) is 0 Å². The van der Waals surface area contributed by atoms with Crippen LogP contribution in [0.4, 0.5) is 13.2 Å². The fourth-order valence-electron chi connectivity index (χ4n) is 1.47. The molecule has 0 fully saturated rings. The quantitative estimate of drug-likeness (QED) is 0.487. The van der Waals surface area contributed by atoms with Crippen LogP contribution in [-0.2, 0) is 14.9 Å². The SMILES string of the molecule is COC(=O)c1cc(C)c(OS(=O)(=O)C(F)(F)F)c(C)c1. The number of alkyl halides is 3. The normalized spacial score (nSPS) is 12.1. The van der Waals surface area contributed by atoms with Crippen LogP contribution in [0.5, 0.6) is 5.75 Å². The van der Waals surface area contributed by atoms with Crippen LogP contribution in [-0.4, -0.2) is 27.0 Å². The summed E-state index contributed by atoms with van der Waals surface area (Å²) < 4.78 is 67.3. The van der Waals surface area contributed by atoms with Crippen molar-refractivity contribution in [2.45, 2.75) is 19.4 Å². The zero-order valence-electron chi connectivity index (χ0n) is 10.7. The Morgan fingerprint density at radius 1 is 1.15 bits per heavy atom. The average molecular weight is 312 g/mol. The summed E-state index contributed by atoms with van der Waals surface area (Å²) >= 11 is 0. The van der Waals surface area contributed by atoms with Gasteiger partial charge in [0.1, 0.15) is 5.75 Å². The fourth-order valence-corrected chi connectivity index (χ4v) is 2.05. The summed E-state index contributed by atoms with van der Waals surface area (Å²) in [6, 6.07) is 2.36. The summed E-state index contributed by atoms with van der Waals surface area (Å²) in [4.78, 5) is 11.3. The molecule has 0 aromatic heterocycles. The van der Waals surface area contributed by atoms with Crippen molar-refractivity contribution >= 4 is 16.1 Å². The molecule has 0 N–H and O–H groups in total. The summed E-state index contributed by atoms with van der Waals surface area (Å²) in [5, 5.41) is 0. The van der Waals surface area contributed by atoms with Crippen LogP contribution in [0, 0.1) is 13.8 Å². The standard InChI is InChI=1S/C11H11F3O5S/c1-6-4-8(10(15)18-3)5-7(2)9(6)19-20(16,17)11(12,13)14/h4-5H,1-3H3. The van der Waals surface area contributed by atoms with E-state index in [9.17, 15) is 26.4 Å². The predicted molar refractivity (Wildman–Crippen MR) is 62.9 cm³/mol. The molecule has 0 heterocycles. The number of aryl methyl sites for hydroxylation is 2. The van der Waals surface area contributed by atoms with E-state index in [0.717, 1.165) is 7.11 Å². The Hall–Kier alpha value is -1.77. The van der Waals surface area contributed by atoms with Gasteiger partial charge in [0.05, 0.1) is 12.7 Å². The van der Waals surface area contributed by atoms with Gasteiger partial charge < -0.3 is 8.92 Å². The van der Waals surface area contributed by atoms with Crippen LogP contribution in [0.1, 0.15) is 21.5 Å². The minimum Gasteiger partial charge on any atom is -0.465 e. The van der Waals surface area contributed by atoms with Gasteiger partial charge in [0.25, 0.3) is 0 Å². The summed E-state index contributed by atoms with van der Waals surface area (Å²) in [5.74, 6) is -1.16. The average Bonchev–Trinajstić information content (AvgIpc) is 2.31. The van der Waals surface area contributed by atoms with E-state index in [1.165, 1.54) is 26.0 Å². The molecule has 0 saturated heterocycles. The van der Waals surface area contributed by atoms with Crippen molar-refractivity contribution in [2.75, 3.05) is 7.11 Å². The van der Waals surface area contributed by atoms with E-state index in [1.807, 2.05) is 0 Å². The molecule has 9 heteroatoms. The largest absolute Gasteiger partial charge is 0.534 e. The molecule has 20 heavy (non-hydrogen) atoms. The number of carbonyl (C=O) groups excluding carboxylic acids is 1. The molecule has 0 amide bonds. The van der Waals surface area contributed by atoms with Gasteiger partial charge in [-0.15, -0.1) is 0 Å². The zero-order chi connectivity index (χ0) is 15.7. The predicted octanol–water partition coefficient (Wildman–Crippen LogP) is 2.32. The van der Waals surface area contributed by atoms with Gasteiger partial charge >= 0.3 is 21.6 Å². The number of hydrogen-bond donors (Lipinski definition) is 0. The van der Waals surface area contributed by atoms with Crippen molar-refractivity contribution in [2.24, 2.45) is 0 Å². The minimum atomic E-state index is -5.75. The maximum atomic E-state index is 12.3. The van der Waals surface area contributed by atoms with Crippen LogP contribution < -0.4 is 4.18 Å². The molecule has 0 saturated carbocycles. The van der Waals surface area contributed by atoms with Crippen molar-refractivity contribution in [1.82, 2.24) is 0 Å². The van der Waals surface area contributed by atoms with Gasteiger partial charge in [-0.2, -0.15) is 21.6 Å². The van der Waals surface area contributed by atoms with Gasteiger partial charge in [-0.1, -0.05) is 0 Å². The van der Waals surface area contributed by atoms with Crippen LogP contribution in [0.25, 0.3) is 0 Å². The Morgan fingerprint density at radius 3 is 1.95 bits per heavy atom. The third-order valence-corrected chi connectivity index (χ3v) is 3.31. The lowest BCUT2D eigenvalue weighted by molar-refractivity contribution is -0.0500. The first-order chi connectivity index (χ1) is 8.99. The molecule has 112 valence electrons. The van der Waals surface area contributed by atoms with Gasteiger partial charge in [0, 0.05) is 0 Å². The molecule has 0 radical (unpaired) electrons. The summed E-state index contributed by atoms with van der Waals surface area (Å²) in [5.41, 5.74) is -5.30. The number of halogens is 3. The molecular formula is C11H11F3O5S. The fraction of sp³-hybridized carbons (Fsp3) is 0.364. The number of ether oxygens (including phenoxy) is 1. The lowest BCUT2D eigenvalue weighted by Gasteiger charge is -2.14. The third-order valence-electron chi connectivity index (χ3n) is 2.36. The van der Waals surface area contributed by atoms with Crippen molar-refractivity contribution in [3.8, 4) is 5.75 Å². The maximum absolute atomic E-state index is 12.3. The highest BCUT2D eigenvalue weighted by Gasteiger charge is 2.48. The first kappa shape index (κ1) is 16.3. The van der Waals surface area contributed by atoms with E-state index < -0.39 is 27.3 Å². The molecule has 1 aromatic rings. The van der Waals surface area contributed by atoms with Gasteiger partial charge in [0.2, 0.25) is 0 Å². The number of carbonyl (C=O) groups is 1. The molecule has 0 aliphatic carbocycles. The Bertz CT molecular complexity index is 611. The number of methoxy groups -OCH3 is 1. The Kier molecular flexibility index (Phi) is 4.33. The van der Waals surface area contributed by atoms with E-state index >= 15 is 0 Å². The highest BCUT2D eigenvalue weighted by molar-refractivity contribution is 7.88. The second kappa shape index (κ2) is 5.31. The number of rotatable bonds is 3. The molecule has 0 spiro atoms. The van der Waals surface area contributed by atoms with E-state index in [-0.39, 0.29) is 16.7 Å². The van der Waals surface area contributed by atoms with E-state index in [4.69, 9.17) is 0 Å². The van der Waals surface area contributed by atoms with Crippen molar-refractivity contribution in [1.29, 1.82) is 0 Å². The van der Waals surface area contributed by atoms with Gasteiger partial charge in [0.15, 0.2) is 0 Å². The summed E-state index contributed by atoms with van der Waals surface area (Å²) in [6.07, 6.45) is 0. The topological polar surface area (TPSA) is 69.7 Å². The first-order valence-electron chi connectivity index (χ1n) is 5.20. The van der Waals surface area contributed by atoms with Crippen molar-refractivity contribution in [3.05, 3.63) is 28.8 Å². The van der Waals surface area contributed by atoms with Crippen LogP contribution in [0.3, 0.4) is 0 Å². The first-order valence-corrected chi connectivity index (χ1v) is 6.60. The molecule has 1 aromatic carbocycles. The molecule has 0 atom stereocenters. The second-order valence-corrected chi connectivity index (χ2v) is 5.45. The Morgan fingerprint density at radius 2 is 1.60 bits per heavy atom. The minimum absolute atomic E-state index is 0.0678. The van der Waals surface area contributed by atoms with E-state index in [0.29, 0.717) is 0 Å². The van der Waals surface area contributed by atoms with Gasteiger partial charge in [-0.25, -0.2) is 4.79 Å². The highest BCUT2D eigenvalue weighted by Crippen LogP contribution is 2.31. The Balaban J connectivity index is 3.26. The lowest BCUT2D eigenvalue weighted by Crippen LogP contribution is -2.28. The molecule has 5 nitrogen and oxygen atoms in total. The van der Waals surface area contributed by atoms with Crippen molar-refractivity contribution < 1.29 is 35.3 Å². The smallest absolute Gasteiger partial charge is 0.465 e. The van der Waals surface area contributed by atoms with Gasteiger partial charge in [-0.3, -0.25) is 0 Å². The zero-order valence-corrected chi connectivity index (χ0v) is 11.6. The van der Waals surface area contributed by atoms with Crippen LogP contribution in [0.15, 0.2) is 12.1 Å². The molecule has 0 aliphatic rings. The lowest BCUT2D eigenvalue weighted by atomic mass is 10.1. The Labute approximate surface area is 113 Å². The summed E-state index contributed by atoms with van der Waals surface area (Å²) in [6.45, 7) is 2.64. The second-order valence-electron chi connectivity index (χ2n) is 3.91. The maximum Gasteiger partial charge on any atom is 0.534 e. The molecule has 1 rings (SSSR count). The number of esters is 1. The molecule has 0 unspecified atom stereocenters. The molecule has 0 bridgehead atoms. The highest BCUT2D eigenvalue weighted by atomic mass is 32.2. The van der Waals surface area contributed by atoms with Crippen LogP contribution >= 0.6 is 0 Å². The van der Waals surface area contributed by atoms with E-state index in [2.05, 4.69) is 8.92 Å². The molecular weight excluding hydrogens is 301 g/mol. The number of hydrogen-bond acceptors (Lipinski definition) is 5. The summed E-state index contributed by atoms with van der Waals surface area (Å²) in [7, 11) is -4.61. The monoisotopic (exact) mass is 312 g/mol. The third kappa shape index (κ3) is 3.21. The van der Waals surface area contributed by atoms with E-state index in [1.54, 1.807) is 0 Å². The van der Waals surface area contributed by atoms with Gasteiger partial charge in [-0.05, 0) is 37.1 Å². The molecule has 0 aliphatic heterocycles.